The van der Waals surface area contributed by atoms with Crippen molar-refractivity contribution < 1.29 is 43.9 Å². The van der Waals surface area contributed by atoms with Crippen LogP contribution >= 0.6 is 13.5 Å². The van der Waals surface area contributed by atoms with E-state index < -0.39 is 17.9 Å². The van der Waals surface area contributed by atoms with E-state index in [9.17, 15) is 14.4 Å². The molecule has 9 nitrogen and oxygen atoms in total. The lowest BCUT2D eigenvalue weighted by molar-refractivity contribution is -0.138. The van der Waals surface area contributed by atoms with Gasteiger partial charge in [-0.1, -0.05) is 18.2 Å². The van der Waals surface area contributed by atoms with Crippen LogP contribution in [-0.2, 0) is 52.9 Å². The van der Waals surface area contributed by atoms with Crippen LogP contribution in [0.2, 0.25) is 0 Å². The van der Waals surface area contributed by atoms with Gasteiger partial charge in [-0.05, 0) is 108 Å². The van der Waals surface area contributed by atoms with Crippen molar-refractivity contribution in [3.8, 4) is 17.2 Å². The van der Waals surface area contributed by atoms with E-state index in [0.717, 1.165) is 94.9 Å². The van der Waals surface area contributed by atoms with Crippen LogP contribution in [-0.4, -0.2) is 53.0 Å². The van der Waals surface area contributed by atoms with Gasteiger partial charge in [0.1, 0.15) is 17.2 Å². The predicted octanol–water partition coefficient (Wildman–Crippen LogP) is 6.49. The smallest absolute Gasteiger partial charge is 0.303 e. The fraction of sp³-hybridized carbons (Fsp3) is 0.462. The summed E-state index contributed by atoms with van der Waals surface area (Å²) in [5.41, 5.74) is 11.6. The minimum Gasteiger partial charge on any atom is -0.493 e. The first kappa shape index (κ1) is 34.7. The van der Waals surface area contributed by atoms with Gasteiger partial charge in [-0.3, -0.25) is 14.4 Å². The summed E-state index contributed by atoms with van der Waals surface area (Å²) in [6.07, 6.45) is 9.53. The molecule has 0 amide bonds. The molecule has 0 spiro atoms. The molecule has 3 aliphatic heterocycles. The van der Waals surface area contributed by atoms with Gasteiger partial charge in [-0.15, -0.1) is 0 Å². The maximum Gasteiger partial charge on any atom is 0.303 e. The first-order valence-electron chi connectivity index (χ1n) is 17.2. The molecule has 2 unspecified atom stereocenters. The Balaban J connectivity index is 0.000000126. The quantitative estimate of drug-likeness (QED) is 0.265. The number of aryl methyl sites for hydroxylation is 3. The molecule has 3 N–H and O–H groups in total. The third kappa shape index (κ3) is 7.11. The van der Waals surface area contributed by atoms with Crippen LogP contribution in [0, 0.1) is 0 Å². The second-order valence-electron chi connectivity index (χ2n) is 13.6. The van der Waals surface area contributed by atoms with E-state index in [2.05, 4.69) is 18.2 Å². The molecule has 3 aromatic carbocycles. The number of aliphatic carboxylic acids is 3. The molecule has 6 aliphatic rings. The van der Waals surface area contributed by atoms with Crippen molar-refractivity contribution in [1.29, 1.82) is 0 Å². The Kier molecular flexibility index (Phi) is 10.4. The van der Waals surface area contributed by atoms with E-state index in [-0.39, 0.29) is 50.5 Å². The molecule has 0 saturated carbocycles. The molecule has 260 valence electrons. The van der Waals surface area contributed by atoms with Crippen LogP contribution in [0.15, 0.2) is 36.4 Å². The molecule has 3 aromatic rings. The summed E-state index contributed by atoms with van der Waals surface area (Å²) >= 11 is 0. The number of carboxylic acid groups (broad SMARTS) is 3. The van der Waals surface area contributed by atoms with Crippen molar-refractivity contribution in [2.24, 2.45) is 0 Å². The number of fused-ring (bicyclic) bond motifs is 9. The highest BCUT2D eigenvalue weighted by Gasteiger charge is 2.33. The largest absolute Gasteiger partial charge is 0.493 e. The van der Waals surface area contributed by atoms with Gasteiger partial charge in [-0.2, -0.15) is 13.5 Å². The third-order valence-corrected chi connectivity index (χ3v) is 10.8. The normalized spacial score (nSPS) is 20.9. The zero-order valence-electron chi connectivity index (χ0n) is 27.6. The molecule has 3 atom stereocenters. The molecule has 0 saturated heterocycles. The van der Waals surface area contributed by atoms with Gasteiger partial charge in [0.15, 0.2) is 0 Å². The standard InChI is InChI=1S/3C13H14O3.H2S/c3*14-12(15)7-9-2-1-8-3-4-11-10(13(8)9)5-6-16-11;/h3*3-4,9H,1-2,5-7H2,(H,14,15);1H2/t9-;;;/m0.../s1. The molecular formula is C39H44O9S. The van der Waals surface area contributed by atoms with Crippen molar-refractivity contribution in [3.63, 3.8) is 0 Å². The highest BCUT2D eigenvalue weighted by atomic mass is 32.1. The summed E-state index contributed by atoms with van der Waals surface area (Å²) in [5.74, 6) is 1.40. The summed E-state index contributed by atoms with van der Waals surface area (Å²) in [6, 6.07) is 12.4. The molecule has 0 radical (unpaired) electrons. The van der Waals surface area contributed by atoms with Crippen molar-refractivity contribution in [1.82, 2.24) is 0 Å². The summed E-state index contributed by atoms with van der Waals surface area (Å²) in [7, 11) is 0. The lowest BCUT2D eigenvalue weighted by atomic mass is 9.92. The molecule has 0 bridgehead atoms. The van der Waals surface area contributed by atoms with Crippen molar-refractivity contribution in [2.75, 3.05) is 19.8 Å². The number of hydrogen-bond donors (Lipinski definition) is 3. The van der Waals surface area contributed by atoms with Gasteiger partial charge >= 0.3 is 17.9 Å². The van der Waals surface area contributed by atoms with Crippen molar-refractivity contribution in [2.45, 2.75) is 94.8 Å². The first-order chi connectivity index (χ1) is 23.3. The summed E-state index contributed by atoms with van der Waals surface area (Å²) < 4.78 is 16.6. The third-order valence-electron chi connectivity index (χ3n) is 10.8. The molecule has 49 heavy (non-hydrogen) atoms. The van der Waals surface area contributed by atoms with Gasteiger partial charge in [0.2, 0.25) is 0 Å². The lowest BCUT2D eigenvalue weighted by Gasteiger charge is -2.12. The zero-order chi connectivity index (χ0) is 33.4. The monoisotopic (exact) mass is 688 g/mol. The Morgan fingerprint density at radius 3 is 1.04 bits per heavy atom. The van der Waals surface area contributed by atoms with E-state index in [0.29, 0.717) is 0 Å². The highest BCUT2D eigenvalue weighted by Crippen LogP contribution is 2.45. The molecule has 10 heteroatoms. The fourth-order valence-corrected chi connectivity index (χ4v) is 8.89. The zero-order valence-corrected chi connectivity index (χ0v) is 28.6. The fourth-order valence-electron chi connectivity index (χ4n) is 8.89. The Bertz CT molecular complexity index is 1560. The van der Waals surface area contributed by atoms with E-state index in [4.69, 9.17) is 29.5 Å². The number of carboxylic acids is 3. The van der Waals surface area contributed by atoms with Crippen LogP contribution in [0.5, 0.6) is 17.2 Å². The van der Waals surface area contributed by atoms with Crippen molar-refractivity contribution in [3.05, 3.63) is 86.5 Å². The second-order valence-corrected chi connectivity index (χ2v) is 13.6. The number of carbonyl (C=O) groups is 3. The predicted molar refractivity (Wildman–Crippen MR) is 187 cm³/mol. The molecule has 3 aliphatic carbocycles. The van der Waals surface area contributed by atoms with Gasteiger partial charge in [-0.25, -0.2) is 0 Å². The van der Waals surface area contributed by atoms with Crippen molar-refractivity contribution >= 4 is 31.4 Å². The van der Waals surface area contributed by atoms with E-state index >= 15 is 0 Å². The Hall–Kier alpha value is -4.18. The minimum absolute atomic E-state index is 0. The second kappa shape index (κ2) is 14.7. The molecule has 9 rings (SSSR count). The van der Waals surface area contributed by atoms with Crippen LogP contribution in [0.25, 0.3) is 0 Å². The van der Waals surface area contributed by atoms with Crippen LogP contribution < -0.4 is 14.2 Å². The summed E-state index contributed by atoms with van der Waals surface area (Å²) in [4.78, 5) is 32.5. The van der Waals surface area contributed by atoms with E-state index in [1.165, 1.54) is 50.1 Å². The summed E-state index contributed by atoms with van der Waals surface area (Å²) in [6.45, 7) is 2.22. The Morgan fingerprint density at radius 2 is 0.776 bits per heavy atom. The van der Waals surface area contributed by atoms with Crippen LogP contribution in [0.4, 0.5) is 0 Å². The summed E-state index contributed by atoms with van der Waals surface area (Å²) in [5, 5.41) is 26.8. The molecular weight excluding hydrogens is 644 g/mol. The van der Waals surface area contributed by atoms with Gasteiger partial charge in [0, 0.05) is 36.0 Å². The van der Waals surface area contributed by atoms with Crippen LogP contribution in [0.1, 0.15) is 106 Å². The lowest BCUT2D eigenvalue weighted by Crippen LogP contribution is -2.05. The minimum atomic E-state index is -0.700. The number of hydrogen-bond acceptors (Lipinski definition) is 6. The SMILES string of the molecule is O=C(O)CC1CCc2ccc3c(c21)CCO3.O=C(O)CC1CCc2ccc3c(c21)CCO3.O=C(O)C[C@@H]1CCc2ccc3c(c21)CCO3.S. The maximum absolute atomic E-state index is 10.8. The number of benzene rings is 3. The Morgan fingerprint density at radius 1 is 0.490 bits per heavy atom. The van der Waals surface area contributed by atoms with Gasteiger partial charge < -0.3 is 29.5 Å². The van der Waals surface area contributed by atoms with Gasteiger partial charge in [0.25, 0.3) is 0 Å². The average molecular weight is 689 g/mol. The van der Waals surface area contributed by atoms with Crippen LogP contribution in [0.3, 0.4) is 0 Å². The topological polar surface area (TPSA) is 140 Å². The molecule has 3 heterocycles. The first-order valence-corrected chi connectivity index (χ1v) is 17.2. The highest BCUT2D eigenvalue weighted by molar-refractivity contribution is 7.59. The Labute approximate surface area is 293 Å². The molecule has 0 aromatic heterocycles. The van der Waals surface area contributed by atoms with Gasteiger partial charge in [0.05, 0.1) is 39.1 Å². The van der Waals surface area contributed by atoms with E-state index in [1.54, 1.807) is 0 Å². The number of rotatable bonds is 6. The average Bonchev–Trinajstić information content (AvgIpc) is 3.88. The maximum atomic E-state index is 10.8. The molecule has 0 fully saturated rings. The van der Waals surface area contributed by atoms with E-state index in [1.807, 2.05) is 18.2 Å². The number of ether oxygens (including phenoxy) is 3.